The van der Waals surface area contributed by atoms with E-state index in [-0.39, 0.29) is 29.8 Å². The maximum absolute atomic E-state index is 12.6. The molecule has 3 N–H and O–H groups in total. The molecule has 2 amide bonds. The van der Waals surface area contributed by atoms with E-state index in [2.05, 4.69) is 20.9 Å². The SMILES string of the molecule is Cl.O=C(NCCNC(=O)c1cc2c(s1)C1(CCNCC1)OCC2)c1ccncc1. The molecule has 0 saturated carbocycles. The molecule has 0 unspecified atom stereocenters. The Hall–Kier alpha value is -2.00. The summed E-state index contributed by atoms with van der Waals surface area (Å²) < 4.78 is 6.18. The number of hydrogen-bond donors (Lipinski definition) is 3. The highest BCUT2D eigenvalue weighted by molar-refractivity contribution is 7.14. The molecule has 9 heteroatoms. The summed E-state index contributed by atoms with van der Waals surface area (Å²) in [6.07, 6.45) is 5.91. The Kier molecular flexibility index (Phi) is 7.23. The number of amides is 2. The number of hydrogen-bond acceptors (Lipinski definition) is 6. The third-order valence-corrected chi connectivity index (χ3v) is 6.61. The van der Waals surface area contributed by atoms with Gasteiger partial charge in [0.15, 0.2) is 0 Å². The predicted molar refractivity (Wildman–Crippen MR) is 114 cm³/mol. The first kappa shape index (κ1) is 21.7. The fraction of sp³-hybridized carbons (Fsp3) is 0.450. The smallest absolute Gasteiger partial charge is 0.261 e. The molecule has 0 atom stereocenters. The lowest BCUT2D eigenvalue weighted by Gasteiger charge is -2.40. The molecule has 0 bridgehead atoms. The summed E-state index contributed by atoms with van der Waals surface area (Å²) in [5.74, 6) is -0.269. The van der Waals surface area contributed by atoms with Gasteiger partial charge in [-0.25, -0.2) is 0 Å². The van der Waals surface area contributed by atoms with E-state index in [1.54, 1.807) is 35.9 Å². The van der Waals surface area contributed by atoms with Crippen LogP contribution in [0.25, 0.3) is 0 Å². The number of thiophene rings is 1. The van der Waals surface area contributed by atoms with E-state index in [1.807, 2.05) is 6.07 Å². The lowest BCUT2D eigenvalue weighted by atomic mass is 9.86. The summed E-state index contributed by atoms with van der Waals surface area (Å²) in [6.45, 7) is 3.35. The summed E-state index contributed by atoms with van der Waals surface area (Å²) in [6, 6.07) is 5.32. The van der Waals surface area contributed by atoms with Gasteiger partial charge in [-0.1, -0.05) is 0 Å². The second-order valence-electron chi connectivity index (χ2n) is 7.06. The summed E-state index contributed by atoms with van der Waals surface area (Å²) in [7, 11) is 0. The van der Waals surface area contributed by atoms with E-state index >= 15 is 0 Å². The van der Waals surface area contributed by atoms with Crippen LogP contribution in [0.3, 0.4) is 0 Å². The van der Waals surface area contributed by atoms with Crippen molar-refractivity contribution in [2.75, 3.05) is 32.8 Å². The zero-order chi connectivity index (χ0) is 19.4. The number of halogens is 1. The molecule has 0 aliphatic carbocycles. The molecule has 4 heterocycles. The number of carbonyl (C=O) groups excluding carboxylic acids is 2. The number of carbonyl (C=O) groups is 2. The Labute approximate surface area is 180 Å². The van der Waals surface area contributed by atoms with Crippen molar-refractivity contribution in [1.29, 1.82) is 0 Å². The Morgan fingerprint density at radius 1 is 1.14 bits per heavy atom. The number of ether oxygens (including phenoxy) is 1. The van der Waals surface area contributed by atoms with Crippen molar-refractivity contribution in [1.82, 2.24) is 20.9 Å². The molecular weight excluding hydrogens is 412 g/mol. The Morgan fingerprint density at radius 3 is 2.55 bits per heavy atom. The van der Waals surface area contributed by atoms with E-state index in [9.17, 15) is 9.59 Å². The molecule has 2 aliphatic heterocycles. The molecular formula is C20H25ClN4O3S. The van der Waals surface area contributed by atoms with Gasteiger partial charge in [0.2, 0.25) is 0 Å². The second kappa shape index (κ2) is 9.67. The average Bonchev–Trinajstić information content (AvgIpc) is 3.18. The largest absolute Gasteiger partial charge is 0.369 e. The fourth-order valence-electron chi connectivity index (χ4n) is 3.78. The van der Waals surface area contributed by atoms with Crippen LogP contribution in [0, 0.1) is 0 Å². The number of rotatable bonds is 5. The topological polar surface area (TPSA) is 92.4 Å². The summed E-state index contributed by atoms with van der Waals surface area (Å²) in [5, 5.41) is 9.07. The number of nitrogens with zero attached hydrogens (tertiary/aromatic N) is 1. The number of pyridine rings is 1. The van der Waals surface area contributed by atoms with E-state index < -0.39 is 0 Å². The third kappa shape index (κ3) is 4.78. The van der Waals surface area contributed by atoms with Crippen molar-refractivity contribution in [3.8, 4) is 0 Å². The normalized spacial score (nSPS) is 17.1. The Bertz CT molecular complexity index is 853. The average molecular weight is 437 g/mol. The maximum atomic E-state index is 12.6. The van der Waals surface area contributed by atoms with Gasteiger partial charge in [0.05, 0.1) is 11.5 Å². The van der Waals surface area contributed by atoms with Crippen molar-refractivity contribution in [2.45, 2.75) is 24.9 Å². The van der Waals surface area contributed by atoms with Crippen LogP contribution >= 0.6 is 23.7 Å². The molecule has 156 valence electrons. The minimum atomic E-state index is -0.222. The zero-order valence-electron chi connectivity index (χ0n) is 16.0. The van der Waals surface area contributed by atoms with Crippen LogP contribution in [0.4, 0.5) is 0 Å². The number of nitrogens with one attached hydrogen (secondary N) is 3. The molecule has 1 saturated heterocycles. The number of aromatic nitrogens is 1. The molecule has 2 aromatic rings. The highest BCUT2D eigenvalue weighted by Gasteiger charge is 2.41. The fourth-order valence-corrected chi connectivity index (χ4v) is 5.11. The van der Waals surface area contributed by atoms with Crippen LogP contribution < -0.4 is 16.0 Å². The van der Waals surface area contributed by atoms with Gasteiger partial charge in [0.1, 0.15) is 5.60 Å². The first-order valence-corrected chi connectivity index (χ1v) is 10.4. The van der Waals surface area contributed by atoms with Crippen molar-refractivity contribution in [3.63, 3.8) is 0 Å². The first-order valence-electron chi connectivity index (χ1n) is 9.62. The predicted octanol–water partition coefficient (Wildman–Crippen LogP) is 1.88. The second-order valence-corrected chi connectivity index (χ2v) is 8.11. The molecule has 0 radical (unpaired) electrons. The highest BCUT2D eigenvalue weighted by Crippen LogP contribution is 2.44. The van der Waals surface area contributed by atoms with Crippen molar-refractivity contribution >= 4 is 35.6 Å². The van der Waals surface area contributed by atoms with E-state index in [1.165, 1.54) is 10.4 Å². The monoisotopic (exact) mass is 436 g/mol. The van der Waals surface area contributed by atoms with Crippen LogP contribution in [-0.4, -0.2) is 49.6 Å². The summed E-state index contributed by atoms with van der Waals surface area (Å²) >= 11 is 1.55. The summed E-state index contributed by atoms with van der Waals surface area (Å²) in [5.41, 5.74) is 1.58. The van der Waals surface area contributed by atoms with Gasteiger partial charge in [-0.3, -0.25) is 14.6 Å². The van der Waals surface area contributed by atoms with Gasteiger partial charge in [-0.15, -0.1) is 23.7 Å². The lowest BCUT2D eigenvalue weighted by Crippen LogP contribution is -2.43. The molecule has 1 fully saturated rings. The molecule has 2 aromatic heterocycles. The quantitative estimate of drug-likeness (QED) is 0.622. The maximum Gasteiger partial charge on any atom is 0.261 e. The number of fused-ring (bicyclic) bond motifs is 2. The van der Waals surface area contributed by atoms with E-state index in [0.717, 1.165) is 32.4 Å². The minimum Gasteiger partial charge on any atom is -0.369 e. The van der Waals surface area contributed by atoms with Crippen LogP contribution in [0.2, 0.25) is 0 Å². The van der Waals surface area contributed by atoms with Crippen LogP contribution in [0.15, 0.2) is 30.6 Å². The van der Waals surface area contributed by atoms with Gasteiger partial charge in [-0.2, -0.15) is 0 Å². The van der Waals surface area contributed by atoms with E-state index in [4.69, 9.17) is 4.74 Å². The van der Waals surface area contributed by atoms with E-state index in [0.29, 0.717) is 30.1 Å². The van der Waals surface area contributed by atoms with Crippen LogP contribution in [-0.2, 0) is 16.8 Å². The van der Waals surface area contributed by atoms with Gasteiger partial charge in [0.25, 0.3) is 11.8 Å². The zero-order valence-corrected chi connectivity index (χ0v) is 17.7. The molecule has 1 spiro atoms. The molecule has 0 aromatic carbocycles. The van der Waals surface area contributed by atoms with Crippen molar-refractivity contribution in [3.05, 3.63) is 51.5 Å². The standard InChI is InChI=1S/C20H24N4O3S.ClH/c25-18(14-1-6-21-7-2-14)23-10-11-24-19(26)16-13-15-3-12-27-20(17(15)28-16)4-8-22-9-5-20;/h1-2,6-7,13,22H,3-5,8-12H2,(H,23,25)(H,24,26);1H. The lowest BCUT2D eigenvalue weighted by molar-refractivity contribution is -0.0771. The first-order chi connectivity index (χ1) is 13.7. The van der Waals surface area contributed by atoms with Gasteiger partial charge in [-0.05, 0) is 56.1 Å². The summed E-state index contributed by atoms with van der Waals surface area (Å²) in [4.78, 5) is 30.4. The molecule has 7 nitrogen and oxygen atoms in total. The van der Waals surface area contributed by atoms with Crippen LogP contribution in [0.1, 0.15) is 43.3 Å². The van der Waals surface area contributed by atoms with Gasteiger partial charge >= 0.3 is 0 Å². The van der Waals surface area contributed by atoms with Crippen molar-refractivity contribution in [2.24, 2.45) is 0 Å². The molecule has 2 aliphatic rings. The highest BCUT2D eigenvalue weighted by atomic mass is 35.5. The third-order valence-electron chi connectivity index (χ3n) is 5.25. The van der Waals surface area contributed by atoms with Gasteiger partial charge < -0.3 is 20.7 Å². The minimum absolute atomic E-state index is 0. The van der Waals surface area contributed by atoms with Crippen molar-refractivity contribution < 1.29 is 14.3 Å². The van der Waals surface area contributed by atoms with Gasteiger partial charge in [0, 0.05) is 35.9 Å². The Morgan fingerprint density at radius 2 is 1.83 bits per heavy atom. The Balaban J connectivity index is 0.00000240. The number of piperidine rings is 1. The van der Waals surface area contributed by atoms with Crippen LogP contribution in [0.5, 0.6) is 0 Å². The molecule has 29 heavy (non-hydrogen) atoms. The molecule has 4 rings (SSSR count).